The van der Waals surface area contributed by atoms with Gasteiger partial charge < -0.3 is 4.90 Å². The number of rotatable bonds is 1. The molecule has 0 bridgehead atoms. The minimum atomic E-state index is 0.278. The van der Waals surface area contributed by atoms with E-state index >= 15 is 0 Å². The van der Waals surface area contributed by atoms with Gasteiger partial charge in [0.25, 0.3) is 0 Å². The SMILES string of the molecule is O=C1CCN(c2cncc(Cl)c2)C1. The zero-order chi connectivity index (χ0) is 9.26. The number of aromatic nitrogens is 1. The van der Waals surface area contributed by atoms with Crippen LogP contribution in [-0.2, 0) is 4.79 Å². The van der Waals surface area contributed by atoms with Crippen molar-refractivity contribution < 1.29 is 4.79 Å². The van der Waals surface area contributed by atoms with Gasteiger partial charge in [0.2, 0.25) is 0 Å². The molecule has 2 heterocycles. The van der Waals surface area contributed by atoms with E-state index in [9.17, 15) is 4.79 Å². The Balaban J connectivity index is 2.21. The maximum Gasteiger partial charge on any atom is 0.153 e. The molecule has 0 unspecified atom stereocenters. The third-order valence-corrected chi connectivity index (χ3v) is 2.29. The quantitative estimate of drug-likeness (QED) is 0.683. The summed E-state index contributed by atoms with van der Waals surface area (Å²) < 4.78 is 0. The number of nitrogens with zero attached hydrogens (tertiary/aromatic N) is 2. The Morgan fingerprint density at radius 1 is 1.46 bits per heavy atom. The van der Waals surface area contributed by atoms with Gasteiger partial charge in [0, 0.05) is 19.2 Å². The zero-order valence-corrected chi connectivity index (χ0v) is 7.79. The van der Waals surface area contributed by atoms with Gasteiger partial charge in [-0.3, -0.25) is 9.78 Å². The predicted octanol–water partition coefficient (Wildman–Crippen LogP) is 1.51. The molecule has 13 heavy (non-hydrogen) atoms. The summed E-state index contributed by atoms with van der Waals surface area (Å²) >= 11 is 5.79. The number of ketones is 1. The molecule has 1 aromatic heterocycles. The smallest absolute Gasteiger partial charge is 0.153 e. The molecule has 1 aliphatic rings. The van der Waals surface area contributed by atoms with Crippen LogP contribution >= 0.6 is 11.6 Å². The summed E-state index contributed by atoms with van der Waals surface area (Å²) in [7, 11) is 0. The van der Waals surface area contributed by atoms with Crippen molar-refractivity contribution >= 4 is 23.1 Å². The summed E-state index contributed by atoms with van der Waals surface area (Å²) in [6, 6.07) is 1.83. The second-order valence-corrected chi connectivity index (χ2v) is 3.51. The first kappa shape index (κ1) is 8.51. The minimum absolute atomic E-state index is 0.278. The van der Waals surface area contributed by atoms with E-state index in [1.807, 2.05) is 11.0 Å². The average molecular weight is 197 g/mol. The summed E-state index contributed by atoms with van der Waals surface area (Å²) in [5.74, 6) is 0.278. The molecule has 0 aliphatic carbocycles. The second-order valence-electron chi connectivity index (χ2n) is 3.07. The van der Waals surface area contributed by atoms with Crippen molar-refractivity contribution in [3.8, 4) is 0 Å². The first-order valence-corrected chi connectivity index (χ1v) is 4.51. The minimum Gasteiger partial charge on any atom is -0.362 e. The Bertz CT molecular complexity index is 340. The van der Waals surface area contributed by atoms with Crippen molar-refractivity contribution in [2.45, 2.75) is 6.42 Å². The summed E-state index contributed by atoms with van der Waals surface area (Å²) in [4.78, 5) is 17.0. The maximum atomic E-state index is 11.0. The van der Waals surface area contributed by atoms with Gasteiger partial charge in [-0.2, -0.15) is 0 Å². The van der Waals surface area contributed by atoms with Crippen LogP contribution in [0.1, 0.15) is 6.42 Å². The molecule has 0 saturated carbocycles. The maximum absolute atomic E-state index is 11.0. The molecule has 1 aliphatic heterocycles. The van der Waals surface area contributed by atoms with Crippen LogP contribution in [0.4, 0.5) is 5.69 Å². The van der Waals surface area contributed by atoms with E-state index in [2.05, 4.69) is 4.98 Å². The number of anilines is 1. The summed E-state index contributed by atoms with van der Waals surface area (Å²) in [6.07, 6.45) is 3.94. The summed E-state index contributed by atoms with van der Waals surface area (Å²) in [5, 5.41) is 0.608. The molecular formula is C9H9ClN2O. The van der Waals surface area contributed by atoms with Crippen molar-refractivity contribution in [3.63, 3.8) is 0 Å². The van der Waals surface area contributed by atoms with Crippen molar-refractivity contribution in [2.24, 2.45) is 0 Å². The fourth-order valence-electron chi connectivity index (χ4n) is 1.42. The molecule has 0 amide bonds. The number of carbonyl (C=O) groups is 1. The third-order valence-electron chi connectivity index (χ3n) is 2.08. The normalized spacial score (nSPS) is 16.7. The molecule has 1 aromatic rings. The Labute approximate surface area is 81.3 Å². The second kappa shape index (κ2) is 3.34. The molecule has 0 atom stereocenters. The highest BCUT2D eigenvalue weighted by Crippen LogP contribution is 2.20. The zero-order valence-electron chi connectivity index (χ0n) is 7.03. The lowest BCUT2D eigenvalue weighted by atomic mass is 10.4. The van der Waals surface area contributed by atoms with Crippen LogP contribution < -0.4 is 4.90 Å². The van der Waals surface area contributed by atoms with Crippen LogP contribution in [0.5, 0.6) is 0 Å². The lowest BCUT2D eigenvalue weighted by molar-refractivity contribution is -0.116. The molecule has 0 radical (unpaired) electrons. The van der Waals surface area contributed by atoms with Gasteiger partial charge in [-0.1, -0.05) is 11.6 Å². The molecule has 0 aromatic carbocycles. The van der Waals surface area contributed by atoms with Gasteiger partial charge in [0.05, 0.1) is 23.5 Å². The van der Waals surface area contributed by atoms with Gasteiger partial charge in [-0.15, -0.1) is 0 Å². The highest BCUT2D eigenvalue weighted by Gasteiger charge is 2.19. The van der Waals surface area contributed by atoms with Gasteiger partial charge in [0.1, 0.15) is 0 Å². The van der Waals surface area contributed by atoms with E-state index in [1.165, 1.54) is 0 Å². The molecule has 1 saturated heterocycles. The van der Waals surface area contributed by atoms with Crippen molar-refractivity contribution in [2.75, 3.05) is 18.0 Å². The number of pyridine rings is 1. The molecule has 0 N–H and O–H groups in total. The average Bonchev–Trinajstić information content (AvgIpc) is 2.52. The number of carbonyl (C=O) groups excluding carboxylic acids is 1. The lowest BCUT2D eigenvalue weighted by Gasteiger charge is -2.15. The molecule has 3 nitrogen and oxygen atoms in total. The Hall–Kier alpha value is -1.09. The molecule has 4 heteroatoms. The Morgan fingerprint density at radius 3 is 2.92 bits per heavy atom. The van der Waals surface area contributed by atoms with Crippen LogP contribution in [0.3, 0.4) is 0 Å². The Morgan fingerprint density at radius 2 is 2.31 bits per heavy atom. The van der Waals surface area contributed by atoms with Crippen molar-refractivity contribution in [1.29, 1.82) is 0 Å². The summed E-state index contributed by atoms with van der Waals surface area (Å²) in [5.41, 5.74) is 0.929. The number of hydrogen-bond donors (Lipinski definition) is 0. The fourth-order valence-corrected chi connectivity index (χ4v) is 1.59. The number of hydrogen-bond acceptors (Lipinski definition) is 3. The van der Waals surface area contributed by atoms with Crippen molar-refractivity contribution in [1.82, 2.24) is 4.98 Å². The monoisotopic (exact) mass is 196 g/mol. The largest absolute Gasteiger partial charge is 0.362 e. The molecule has 1 fully saturated rings. The van der Waals surface area contributed by atoms with E-state index in [0.717, 1.165) is 12.2 Å². The van der Waals surface area contributed by atoms with E-state index in [-0.39, 0.29) is 5.78 Å². The van der Waals surface area contributed by atoms with Crippen LogP contribution in [0.2, 0.25) is 5.02 Å². The topological polar surface area (TPSA) is 33.2 Å². The van der Waals surface area contributed by atoms with E-state index in [0.29, 0.717) is 18.0 Å². The number of Topliss-reactive ketones (excluding diaryl/α,β-unsaturated/α-hetero) is 1. The predicted molar refractivity (Wildman–Crippen MR) is 51.1 cm³/mol. The third kappa shape index (κ3) is 1.80. The standard InChI is InChI=1S/C9H9ClN2O/c10-7-3-8(5-11-4-7)12-2-1-9(13)6-12/h3-5H,1-2,6H2. The summed E-state index contributed by atoms with van der Waals surface area (Å²) in [6.45, 7) is 1.27. The van der Waals surface area contributed by atoms with Crippen LogP contribution in [0, 0.1) is 0 Å². The number of halogens is 1. The van der Waals surface area contributed by atoms with Crippen LogP contribution in [-0.4, -0.2) is 23.9 Å². The molecule has 0 spiro atoms. The highest BCUT2D eigenvalue weighted by atomic mass is 35.5. The van der Waals surface area contributed by atoms with Crippen molar-refractivity contribution in [3.05, 3.63) is 23.5 Å². The first-order chi connectivity index (χ1) is 6.25. The highest BCUT2D eigenvalue weighted by molar-refractivity contribution is 6.30. The Kier molecular flexibility index (Phi) is 2.19. The molecule has 68 valence electrons. The molecular weight excluding hydrogens is 188 g/mol. The molecule has 2 rings (SSSR count). The van der Waals surface area contributed by atoms with E-state index < -0.39 is 0 Å². The lowest BCUT2D eigenvalue weighted by Crippen LogP contribution is -2.19. The first-order valence-electron chi connectivity index (χ1n) is 4.13. The van der Waals surface area contributed by atoms with Crippen LogP contribution in [0.25, 0.3) is 0 Å². The van der Waals surface area contributed by atoms with E-state index in [1.54, 1.807) is 12.4 Å². The van der Waals surface area contributed by atoms with Gasteiger partial charge in [-0.05, 0) is 6.07 Å². The van der Waals surface area contributed by atoms with Crippen LogP contribution in [0.15, 0.2) is 18.5 Å². The van der Waals surface area contributed by atoms with Gasteiger partial charge in [0.15, 0.2) is 5.78 Å². The fraction of sp³-hybridized carbons (Fsp3) is 0.333. The van der Waals surface area contributed by atoms with Gasteiger partial charge in [-0.25, -0.2) is 0 Å². The van der Waals surface area contributed by atoms with Gasteiger partial charge >= 0.3 is 0 Å². The van der Waals surface area contributed by atoms with E-state index in [4.69, 9.17) is 11.6 Å².